The molecule has 0 aromatic carbocycles. The molecule has 8 nitrogen and oxygen atoms in total. The van der Waals surface area contributed by atoms with Gasteiger partial charge >= 0.3 is 0 Å². The molecule has 33 heavy (non-hydrogen) atoms. The van der Waals surface area contributed by atoms with Gasteiger partial charge in [-0.15, -0.1) is 0 Å². The summed E-state index contributed by atoms with van der Waals surface area (Å²) in [4.78, 5) is 22.3. The molecule has 4 rings (SSSR count). The highest BCUT2D eigenvalue weighted by atomic mass is 16.1. The molecule has 8 heteroatoms. The van der Waals surface area contributed by atoms with Gasteiger partial charge in [-0.1, -0.05) is 19.9 Å². The van der Waals surface area contributed by atoms with Crippen LogP contribution in [0.25, 0.3) is 11.0 Å². The number of aromatic nitrogens is 4. The van der Waals surface area contributed by atoms with Gasteiger partial charge in [0, 0.05) is 56.2 Å². The van der Waals surface area contributed by atoms with Crippen molar-refractivity contribution in [3.63, 3.8) is 0 Å². The average molecular weight is 448 g/mol. The zero-order valence-electron chi connectivity index (χ0n) is 20.2. The van der Waals surface area contributed by atoms with Gasteiger partial charge in [0.15, 0.2) is 0 Å². The van der Waals surface area contributed by atoms with Gasteiger partial charge in [-0.25, -0.2) is 0 Å². The number of piperazine rings is 1. The first kappa shape index (κ1) is 23.0. The molecule has 3 atom stereocenters. The Kier molecular flexibility index (Phi) is 6.52. The third-order valence-electron chi connectivity index (χ3n) is 7.07. The summed E-state index contributed by atoms with van der Waals surface area (Å²) in [7, 11) is 1.76. The third kappa shape index (κ3) is 4.25. The number of anilines is 1. The number of hydrogen-bond donors (Lipinski definition) is 0. The minimum atomic E-state index is -0.0570. The van der Waals surface area contributed by atoms with Gasteiger partial charge in [-0.3, -0.25) is 19.4 Å². The van der Waals surface area contributed by atoms with Gasteiger partial charge in [0.1, 0.15) is 12.1 Å². The Balaban J connectivity index is 1.72. The van der Waals surface area contributed by atoms with Crippen molar-refractivity contribution in [1.82, 2.24) is 24.2 Å². The Morgan fingerprint density at radius 1 is 1.21 bits per heavy atom. The van der Waals surface area contributed by atoms with E-state index in [1.807, 2.05) is 13.1 Å². The Labute approximate surface area is 195 Å². The van der Waals surface area contributed by atoms with E-state index in [4.69, 9.17) is 5.26 Å². The summed E-state index contributed by atoms with van der Waals surface area (Å²) >= 11 is 0. The monoisotopic (exact) mass is 447 g/mol. The highest BCUT2D eigenvalue weighted by Gasteiger charge is 2.36. The van der Waals surface area contributed by atoms with Gasteiger partial charge < -0.3 is 9.47 Å². The molecule has 4 heterocycles. The van der Waals surface area contributed by atoms with E-state index in [-0.39, 0.29) is 24.2 Å². The number of fused-ring (bicyclic) bond motifs is 1. The lowest BCUT2D eigenvalue weighted by atomic mass is 9.97. The molecule has 0 N–H and O–H groups in total. The normalized spacial score (nSPS) is 20.2. The van der Waals surface area contributed by atoms with Crippen molar-refractivity contribution >= 4 is 16.7 Å². The topological polar surface area (TPSA) is 83.0 Å². The van der Waals surface area contributed by atoms with E-state index in [9.17, 15) is 4.79 Å². The minimum Gasteiger partial charge on any atom is -0.364 e. The molecule has 3 aromatic heterocycles. The Morgan fingerprint density at radius 2 is 1.97 bits per heavy atom. The van der Waals surface area contributed by atoms with Gasteiger partial charge in [0.05, 0.1) is 23.5 Å². The lowest BCUT2D eigenvalue weighted by Gasteiger charge is -2.49. The van der Waals surface area contributed by atoms with Crippen LogP contribution in [0.1, 0.15) is 50.9 Å². The van der Waals surface area contributed by atoms with Crippen molar-refractivity contribution < 1.29 is 0 Å². The quantitative estimate of drug-likeness (QED) is 0.576. The van der Waals surface area contributed by atoms with Crippen LogP contribution in [-0.4, -0.2) is 49.4 Å². The smallest absolute Gasteiger partial charge is 0.252 e. The van der Waals surface area contributed by atoms with E-state index in [2.05, 4.69) is 58.9 Å². The molecule has 0 radical (unpaired) electrons. The second kappa shape index (κ2) is 9.36. The van der Waals surface area contributed by atoms with Crippen LogP contribution in [0.5, 0.6) is 0 Å². The molecule has 0 amide bonds. The summed E-state index contributed by atoms with van der Waals surface area (Å²) in [6.45, 7) is 10.6. The number of hydrogen-bond acceptors (Lipinski definition) is 6. The van der Waals surface area contributed by atoms with Crippen LogP contribution in [0.15, 0.2) is 35.4 Å². The molecule has 0 saturated carbocycles. The van der Waals surface area contributed by atoms with E-state index in [1.165, 1.54) is 5.56 Å². The van der Waals surface area contributed by atoms with Gasteiger partial charge in [0.25, 0.3) is 5.56 Å². The van der Waals surface area contributed by atoms with E-state index >= 15 is 0 Å². The van der Waals surface area contributed by atoms with Crippen LogP contribution < -0.4 is 10.5 Å². The van der Waals surface area contributed by atoms with Gasteiger partial charge in [0.2, 0.25) is 0 Å². The van der Waals surface area contributed by atoms with Crippen molar-refractivity contribution in [2.45, 2.75) is 65.2 Å². The summed E-state index contributed by atoms with van der Waals surface area (Å²) < 4.78 is 3.23. The summed E-state index contributed by atoms with van der Waals surface area (Å²) in [5, 5.41) is 13.8. The second-order valence-corrected chi connectivity index (χ2v) is 9.03. The number of pyridine rings is 2. The van der Waals surface area contributed by atoms with Crippen LogP contribution >= 0.6 is 0 Å². The summed E-state index contributed by atoms with van der Waals surface area (Å²) in [5.41, 5.74) is 4.62. The minimum absolute atomic E-state index is 0.0570. The Bertz CT molecular complexity index is 1220. The zero-order chi connectivity index (χ0) is 23.7. The van der Waals surface area contributed by atoms with Crippen molar-refractivity contribution in [1.29, 1.82) is 5.26 Å². The van der Waals surface area contributed by atoms with Crippen LogP contribution in [0.4, 0.5) is 5.69 Å². The fourth-order valence-electron chi connectivity index (χ4n) is 4.98. The molecule has 0 unspecified atom stereocenters. The largest absolute Gasteiger partial charge is 0.364 e. The van der Waals surface area contributed by atoms with Gasteiger partial charge in [-0.05, 0) is 38.3 Å². The SMILES string of the molecule is CC[C@H]1CN([C@@H](C)c2ccc(C)nc2)[C@H](CC)CN1c1cc(=O)n(C)c2cn(CC#N)nc12. The van der Waals surface area contributed by atoms with E-state index in [1.54, 1.807) is 28.6 Å². The first-order valence-electron chi connectivity index (χ1n) is 11.8. The summed E-state index contributed by atoms with van der Waals surface area (Å²) in [6, 6.07) is 8.96. The Hall–Kier alpha value is -3.18. The Morgan fingerprint density at radius 3 is 2.61 bits per heavy atom. The lowest BCUT2D eigenvalue weighted by molar-refractivity contribution is 0.101. The van der Waals surface area contributed by atoms with Gasteiger partial charge in [-0.2, -0.15) is 10.4 Å². The fraction of sp³-hybridized carbons (Fsp3) is 0.520. The first-order valence-corrected chi connectivity index (χ1v) is 11.8. The third-order valence-corrected chi connectivity index (χ3v) is 7.07. The molecule has 1 aliphatic heterocycles. The first-order chi connectivity index (χ1) is 15.9. The molecule has 174 valence electrons. The molecule has 0 spiro atoms. The number of nitrogens with zero attached hydrogens (tertiary/aromatic N) is 7. The lowest BCUT2D eigenvalue weighted by Crippen LogP contribution is -2.58. The average Bonchev–Trinajstić information content (AvgIpc) is 3.25. The number of nitriles is 1. The van der Waals surface area contributed by atoms with E-state index < -0.39 is 0 Å². The zero-order valence-corrected chi connectivity index (χ0v) is 20.2. The van der Waals surface area contributed by atoms with Crippen molar-refractivity contribution in [3.8, 4) is 6.07 Å². The summed E-state index contributed by atoms with van der Waals surface area (Å²) in [6.07, 6.45) is 5.76. The number of aryl methyl sites for hydroxylation is 2. The molecule has 0 aliphatic carbocycles. The van der Waals surface area contributed by atoms with Crippen molar-refractivity contribution in [2.75, 3.05) is 18.0 Å². The van der Waals surface area contributed by atoms with Crippen LogP contribution in [-0.2, 0) is 13.6 Å². The van der Waals surface area contributed by atoms with E-state index in [0.717, 1.165) is 48.3 Å². The molecule has 1 aliphatic rings. The highest BCUT2D eigenvalue weighted by Crippen LogP contribution is 2.34. The predicted octanol–water partition coefficient (Wildman–Crippen LogP) is 3.40. The number of rotatable bonds is 6. The van der Waals surface area contributed by atoms with Crippen LogP contribution in [0.2, 0.25) is 0 Å². The molecule has 3 aromatic rings. The predicted molar refractivity (Wildman–Crippen MR) is 130 cm³/mol. The van der Waals surface area contributed by atoms with Crippen LogP contribution in [0, 0.1) is 18.3 Å². The molecule has 0 bridgehead atoms. The molecule has 1 fully saturated rings. The highest BCUT2D eigenvalue weighted by molar-refractivity contribution is 5.88. The molecular weight excluding hydrogens is 414 g/mol. The summed E-state index contributed by atoms with van der Waals surface area (Å²) in [5.74, 6) is 0. The maximum atomic E-state index is 12.8. The van der Waals surface area contributed by atoms with Crippen LogP contribution in [0.3, 0.4) is 0 Å². The maximum absolute atomic E-state index is 12.8. The molecule has 1 saturated heterocycles. The van der Waals surface area contributed by atoms with E-state index in [0.29, 0.717) is 6.04 Å². The maximum Gasteiger partial charge on any atom is 0.252 e. The fourth-order valence-corrected chi connectivity index (χ4v) is 4.98. The van der Waals surface area contributed by atoms with Crippen molar-refractivity contribution in [2.24, 2.45) is 7.05 Å². The molecular formula is C25H33N7O. The van der Waals surface area contributed by atoms with Crippen molar-refractivity contribution in [3.05, 3.63) is 52.2 Å². The standard InChI is InChI=1S/C25H33N7O/c1-6-20-15-32(21(7-2)14-31(20)18(4)19-9-8-17(3)27-13-19)22-12-24(33)29(5)23-16-30(11-10-26)28-25(22)23/h8-9,12-13,16,18,20-21H,6-7,11,14-15H2,1-5H3/t18-,20+,21-/m0/s1. The second-order valence-electron chi connectivity index (χ2n) is 9.03.